The molecule has 7 heteroatoms. The second-order valence-corrected chi connectivity index (χ2v) is 4.00. The van der Waals surface area contributed by atoms with Gasteiger partial charge in [-0.2, -0.15) is 4.39 Å². The molecule has 0 aliphatic rings. The SMILES string of the molecule is CCOc1ccc(NC(=O)c2ccnc(F)c2F)cc1F. The summed E-state index contributed by atoms with van der Waals surface area (Å²) >= 11 is 0. The lowest BCUT2D eigenvalue weighted by Gasteiger charge is -2.09. The van der Waals surface area contributed by atoms with Crippen molar-refractivity contribution in [1.82, 2.24) is 4.98 Å². The van der Waals surface area contributed by atoms with Crippen molar-refractivity contribution in [1.29, 1.82) is 0 Å². The van der Waals surface area contributed by atoms with Crippen molar-refractivity contribution in [3.8, 4) is 5.75 Å². The van der Waals surface area contributed by atoms with E-state index in [4.69, 9.17) is 4.74 Å². The quantitative estimate of drug-likeness (QED) is 0.882. The van der Waals surface area contributed by atoms with Gasteiger partial charge < -0.3 is 10.1 Å². The van der Waals surface area contributed by atoms with E-state index in [1.807, 2.05) is 0 Å². The van der Waals surface area contributed by atoms with Crippen molar-refractivity contribution < 1.29 is 22.7 Å². The Hall–Kier alpha value is -2.57. The molecule has 1 aromatic heterocycles. The van der Waals surface area contributed by atoms with Crippen LogP contribution in [-0.2, 0) is 0 Å². The van der Waals surface area contributed by atoms with Crippen LogP contribution in [0, 0.1) is 17.6 Å². The first-order valence-electron chi connectivity index (χ1n) is 6.06. The Morgan fingerprint density at radius 3 is 2.71 bits per heavy atom. The number of pyridine rings is 1. The summed E-state index contributed by atoms with van der Waals surface area (Å²) in [5.74, 6) is -4.27. The molecule has 1 aromatic carbocycles. The fraction of sp³-hybridized carbons (Fsp3) is 0.143. The van der Waals surface area contributed by atoms with Crippen LogP contribution >= 0.6 is 0 Å². The molecule has 1 heterocycles. The van der Waals surface area contributed by atoms with Gasteiger partial charge in [-0.05, 0) is 25.1 Å². The van der Waals surface area contributed by atoms with Gasteiger partial charge in [0.1, 0.15) is 0 Å². The maximum absolute atomic E-state index is 13.6. The lowest BCUT2D eigenvalue weighted by Crippen LogP contribution is -2.15. The number of halogens is 3. The molecule has 21 heavy (non-hydrogen) atoms. The molecule has 1 N–H and O–H groups in total. The van der Waals surface area contributed by atoms with Crippen LogP contribution < -0.4 is 10.1 Å². The molecule has 4 nitrogen and oxygen atoms in total. The molecule has 0 radical (unpaired) electrons. The molecule has 0 spiro atoms. The number of rotatable bonds is 4. The smallest absolute Gasteiger partial charge is 0.258 e. The number of aromatic nitrogens is 1. The molecule has 0 fully saturated rings. The molecule has 2 aromatic rings. The molecule has 0 atom stereocenters. The normalized spacial score (nSPS) is 10.3. The molecule has 0 aliphatic carbocycles. The zero-order valence-electron chi connectivity index (χ0n) is 11.0. The molecule has 1 amide bonds. The number of nitrogens with one attached hydrogen (secondary N) is 1. The number of benzene rings is 1. The van der Waals surface area contributed by atoms with Gasteiger partial charge >= 0.3 is 0 Å². The van der Waals surface area contributed by atoms with E-state index in [-0.39, 0.29) is 11.4 Å². The molecule has 110 valence electrons. The second kappa shape index (κ2) is 6.25. The largest absolute Gasteiger partial charge is 0.491 e. The van der Waals surface area contributed by atoms with Crippen molar-refractivity contribution in [2.24, 2.45) is 0 Å². The van der Waals surface area contributed by atoms with Crippen LogP contribution in [0.15, 0.2) is 30.5 Å². The third kappa shape index (κ3) is 3.31. The Balaban J connectivity index is 2.20. The Morgan fingerprint density at radius 2 is 2.05 bits per heavy atom. The molecule has 0 unspecified atom stereocenters. The Kier molecular flexibility index (Phi) is 4.42. The topological polar surface area (TPSA) is 51.2 Å². The Bertz CT molecular complexity index is 677. The highest BCUT2D eigenvalue weighted by molar-refractivity contribution is 6.04. The van der Waals surface area contributed by atoms with Gasteiger partial charge in [-0.3, -0.25) is 4.79 Å². The molecule has 0 aliphatic heterocycles. The predicted octanol–water partition coefficient (Wildman–Crippen LogP) is 3.15. The van der Waals surface area contributed by atoms with Crippen LogP contribution in [0.4, 0.5) is 18.9 Å². The summed E-state index contributed by atoms with van der Waals surface area (Å²) in [6.07, 6.45) is 0.964. The van der Waals surface area contributed by atoms with Crippen LogP contribution in [0.2, 0.25) is 0 Å². The minimum absolute atomic E-state index is 0.0386. The van der Waals surface area contributed by atoms with Crippen LogP contribution in [0.1, 0.15) is 17.3 Å². The average Bonchev–Trinajstić information content (AvgIpc) is 2.45. The third-order valence-corrected chi connectivity index (χ3v) is 2.58. The summed E-state index contributed by atoms with van der Waals surface area (Å²) < 4.78 is 45.0. The lowest BCUT2D eigenvalue weighted by molar-refractivity contribution is 0.102. The van der Waals surface area contributed by atoms with Crippen molar-refractivity contribution >= 4 is 11.6 Å². The first kappa shape index (κ1) is 14.8. The third-order valence-electron chi connectivity index (χ3n) is 2.58. The number of hydrogen-bond donors (Lipinski definition) is 1. The first-order valence-corrected chi connectivity index (χ1v) is 6.06. The molecular weight excluding hydrogens is 285 g/mol. The molecular formula is C14H11F3N2O2. The summed E-state index contributed by atoms with van der Waals surface area (Å²) in [7, 11) is 0. The van der Waals surface area contributed by atoms with Crippen LogP contribution in [-0.4, -0.2) is 17.5 Å². The van der Waals surface area contributed by atoms with Gasteiger partial charge in [0.05, 0.1) is 12.2 Å². The lowest BCUT2D eigenvalue weighted by atomic mass is 10.2. The van der Waals surface area contributed by atoms with E-state index < -0.39 is 29.1 Å². The molecule has 0 saturated heterocycles. The highest BCUT2D eigenvalue weighted by atomic mass is 19.2. The van der Waals surface area contributed by atoms with Crippen molar-refractivity contribution in [3.05, 3.63) is 53.6 Å². The summed E-state index contributed by atoms with van der Waals surface area (Å²) in [6.45, 7) is 2.00. The minimum atomic E-state index is -1.37. The van der Waals surface area contributed by atoms with E-state index >= 15 is 0 Å². The summed E-state index contributed by atoms with van der Waals surface area (Å²) in [5.41, 5.74) is -0.422. The van der Waals surface area contributed by atoms with E-state index in [1.54, 1.807) is 6.92 Å². The van der Waals surface area contributed by atoms with Gasteiger partial charge in [-0.1, -0.05) is 0 Å². The zero-order valence-corrected chi connectivity index (χ0v) is 11.0. The second-order valence-electron chi connectivity index (χ2n) is 4.00. The standard InChI is InChI=1S/C14H11F3N2O2/c1-2-21-11-4-3-8(7-10(11)15)19-14(20)9-5-6-18-13(17)12(9)16/h3-7H,2H2,1H3,(H,19,20). The average molecular weight is 296 g/mol. The van der Waals surface area contributed by atoms with E-state index in [1.165, 1.54) is 12.1 Å². The Morgan fingerprint density at radius 1 is 1.29 bits per heavy atom. The van der Waals surface area contributed by atoms with E-state index in [9.17, 15) is 18.0 Å². The number of carbonyl (C=O) groups excluding carboxylic acids is 1. The number of hydrogen-bond acceptors (Lipinski definition) is 3. The Labute approximate surface area is 118 Å². The number of amides is 1. The molecule has 0 bridgehead atoms. The number of anilines is 1. The summed E-state index contributed by atoms with van der Waals surface area (Å²) in [5, 5.41) is 2.27. The van der Waals surface area contributed by atoms with Crippen LogP contribution in [0.5, 0.6) is 5.75 Å². The van der Waals surface area contributed by atoms with Gasteiger partial charge in [0.15, 0.2) is 17.4 Å². The van der Waals surface area contributed by atoms with Gasteiger partial charge in [-0.25, -0.2) is 13.8 Å². The van der Waals surface area contributed by atoms with Gasteiger partial charge in [-0.15, -0.1) is 0 Å². The highest BCUT2D eigenvalue weighted by Gasteiger charge is 2.16. The van der Waals surface area contributed by atoms with Gasteiger partial charge in [0, 0.05) is 18.0 Å². The van der Waals surface area contributed by atoms with Gasteiger partial charge in [0.25, 0.3) is 5.91 Å². The van der Waals surface area contributed by atoms with Crippen molar-refractivity contribution in [3.63, 3.8) is 0 Å². The zero-order chi connectivity index (χ0) is 15.4. The monoisotopic (exact) mass is 296 g/mol. The molecule has 2 rings (SSSR count). The maximum Gasteiger partial charge on any atom is 0.258 e. The molecule has 0 saturated carbocycles. The van der Waals surface area contributed by atoms with Crippen molar-refractivity contribution in [2.75, 3.05) is 11.9 Å². The van der Waals surface area contributed by atoms with Crippen LogP contribution in [0.25, 0.3) is 0 Å². The predicted molar refractivity (Wildman–Crippen MR) is 69.7 cm³/mol. The minimum Gasteiger partial charge on any atom is -0.491 e. The first-order chi connectivity index (χ1) is 10.0. The fourth-order valence-electron chi connectivity index (χ4n) is 1.64. The highest BCUT2D eigenvalue weighted by Crippen LogP contribution is 2.22. The number of nitrogens with zero attached hydrogens (tertiary/aromatic N) is 1. The van der Waals surface area contributed by atoms with E-state index in [2.05, 4.69) is 10.3 Å². The van der Waals surface area contributed by atoms with Crippen LogP contribution in [0.3, 0.4) is 0 Å². The summed E-state index contributed by atoms with van der Waals surface area (Å²) in [4.78, 5) is 14.9. The number of ether oxygens (including phenoxy) is 1. The van der Waals surface area contributed by atoms with E-state index in [0.29, 0.717) is 6.61 Å². The fourth-order valence-corrected chi connectivity index (χ4v) is 1.64. The van der Waals surface area contributed by atoms with E-state index in [0.717, 1.165) is 18.3 Å². The number of carbonyl (C=O) groups is 1. The van der Waals surface area contributed by atoms with Crippen molar-refractivity contribution in [2.45, 2.75) is 6.92 Å². The summed E-state index contributed by atoms with van der Waals surface area (Å²) in [6, 6.07) is 4.77. The van der Waals surface area contributed by atoms with Gasteiger partial charge in [0.2, 0.25) is 5.95 Å². The maximum atomic E-state index is 13.6.